The van der Waals surface area contributed by atoms with Gasteiger partial charge in [0.1, 0.15) is 18.2 Å². The van der Waals surface area contributed by atoms with Crippen molar-refractivity contribution < 1.29 is 14.1 Å². The third kappa shape index (κ3) is 3.51. The van der Waals surface area contributed by atoms with Crippen LogP contribution in [0.2, 0.25) is 0 Å². The normalized spacial score (nSPS) is 10.2. The van der Waals surface area contributed by atoms with E-state index in [1.54, 1.807) is 18.2 Å². The molecule has 0 aliphatic heterocycles. The first-order valence-electron chi connectivity index (χ1n) is 5.37. The maximum atomic E-state index is 12.9. The summed E-state index contributed by atoms with van der Waals surface area (Å²) in [7, 11) is 0. The van der Waals surface area contributed by atoms with Crippen LogP contribution in [0.1, 0.15) is 5.56 Å². The van der Waals surface area contributed by atoms with Gasteiger partial charge in [-0.15, -0.1) is 0 Å². The third-order valence-corrected chi connectivity index (χ3v) is 3.18. The van der Waals surface area contributed by atoms with Crippen LogP contribution in [0.3, 0.4) is 0 Å². The molecule has 0 saturated carbocycles. The highest BCUT2D eigenvalue weighted by molar-refractivity contribution is 9.10. The number of nitro groups is 1. The Bertz CT molecular complexity index is 619. The number of hydrogen-bond donors (Lipinski definition) is 0. The second-order valence-corrected chi connectivity index (χ2v) is 4.63. The number of non-ortho nitro benzene ring substituents is 1. The maximum absolute atomic E-state index is 12.9. The summed E-state index contributed by atoms with van der Waals surface area (Å²) >= 11 is 3.23. The monoisotopic (exact) mass is 325 g/mol. The molecule has 0 fully saturated rings. The molecular formula is C13H9BrFNO3. The van der Waals surface area contributed by atoms with E-state index in [0.717, 1.165) is 5.56 Å². The van der Waals surface area contributed by atoms with E-state index < -0.39 is 4.92 Å². The van der Waals surface area contributed by atoms with Crippen molar-refractivity contribution in [2.75, 3.05) is 0 Å². The van der Waals surface area contributed by atoms with E-state index >= 15 is 0 Å². The smallest absolute Gasteiger partial charge is 0.273 e. The van der Waals surface area contributed by atoms with Gasteiger partial charge in [-0.1, -0.05) is 28.1 Å². The lowest BCUT2D eigenvalue weighted by atomic mass is 10.2. The first-order chi connectivity index (χ1) is 9.06. The Morgan fingerprint density at radius 3 is 2.74 bits per heavy atom. The summed E-state index contributed by atoms with van der Waals surface area (Å²) in [4.78, 5) is 10.1. The van der Waals surface area contributed by atoms with Crippen LogP contribution in [0.25, 0.3) is 0 Å². The van der Waals surface area contributed by atoms with Crippen molar-refractivity contribution in [3.63, 3.8) is 0 Å². The van der Waals surface area contributed by atoms with Crippen LogP contribution >= 0.6 is 15.9 Å². The lowest BCUT2D eigenvalue weighted by molar-refractivity contribution is -0.384. The number of nitro benzene ring substituents is 1. The molecule has 0 amide bonds. The fraction of sp³-hybridized carbons (Fsp3) is 0.0769. The maximum Gasteiger partial charge on any atom is 0.273 e. The lowest BCUT2D eigenvalue weighted by Gasteiger charge is -2.07. The largest absolute Gasteiger partial charge is 0.489 e. The lowest BCUT2D eigenvalue weighted by Crippen LogP contribution is -1.97. The summed E-state index contributed by atoms with van der Waals surface area (Å²) in [5.74, 6) is 0.0522. The average Bonchev–Trinajstić information content (AvgIpc) is 2.38. The zero-order valence-electron chi connectivity index (χ0n) is 9.68. The first kappa shape index (κ1) is 13.5. The minimum Gasteiger partial charge on any atom is -0.489 e. The summed E-state index contributed by atoms with van der Waals surface area (Å²) in [6.45, 7) is 0.196. The Kier molecular flexibility index (Phi) is 4.11. The van der Waals surface area contributed by atoms with Gasteiger partial charge in [-0.25, -0.2) is 4.39 Å². The van der Waals surface area contributed by atoms with Gasteiger partial charge in [0.05, 0.1) is 11.0 Å². The molecule has 4 nitrogen and oxygen atoms in total. The predicted octanol–water partition coefficient (Wildman–Crippen LogP) is 4.08. The Labute approximate surface area is 117 Å². The standard InChI is InChI=1S/C13H9BrFNO3/c14-13-6-10(15)5-4-9(13)8-19-12-3-1-2-11(7-12)16(17)18/h1-7H,8H2. The highest BCUT2D eigenvalue weighted by atomic mass is 79.9. The summed E-state index contributed by atoms with van der Waals surface area (Å²) in [6, 6.07) is 10.2. The van der Waals surface area contributed by atoms with Gasteiger partial charge in [0, 0.05) is 16.1 Å². The van der Waals surface area contributed by atoms with Gasteiger partial charge in [-0.05, 0) is 18.2 Å². The Hall–Kier alpha value is -1.95. The summed E-state index contributed by atoms with van der Waals surface area (Å²) in [5, 5.41) is 10.6. The van der Waals surface area contributed by atoms with Crippen LogP contribution in [-0.2, 0) is 6.61 Å². The fourth-order valence-electron chi connectivity index (χ4n) is 1.49. The molecule has 0 atom stereocenters. The van der Waals surface area contributed by atoms with Crippen molar-refractivity contribution in [1.82, 2.24) is 0 Å². The molecule has 0 spiro atoms. The Morgan fingerprint density at radius 2 is 2.05 bits per heavy atom. The molecule has 2 rings (SSSR count). The zero-order valence-corrected chi connectivity index (χ0v) is 11.3. The van der Waals surface area contributed by atoms with E-state index in [2.05, 4.69) is 15.9 Å². The van der Waals surface area contributed by atoms with Crippen molar-refractivity contribution in [2.45, 2.75) is 6.61 Å². The average molecular weight is 326 g/mol. The van der Waals surface area contributed by atoms with Crippen molar-refractivity contribution in [3.8, 4) is 5.75 Å². The van der Waals surface area contributed by atoms with E-state index in [-0.39, 0.29) is 18.1 Å². The van der Waals surface area contributed by atoms with Crippen molar-refractivity contribution >= 4 is 21.6 Å². The molecule has 0 heterocycles. The van der Waals surface area contributed by atoms with Crippen LogP contribution in [0.5, 0.6) is 5.75 Å². The number of halogens is 2. The highest BCUT2D eigenvalue weighted by Gasteiger charge is 2.07. The van der Waals surface area contributed by atoms with Crippen LogP contribution < -0.4 is 4.74 Å². The van der Waals surface area contributed by atoms with Gasteiger partial charge >= 0.3 is 0 Å². The predicted molar refractivity (Wildman–Crippen MR) is 71.5 cm³/mol. The van der Waals surface area contributed by atoms with Gasteiger partial charge in [-0.2, -0.15) is 0 Å². The molecule has 2 aromatic rings. The SMILES string of the molecule is O=[N+]([O-])c1cccc(OCc2ccc(F)cc2Br)c1. The zero-order chi connectivity index (χ0) is 13.8. The minimum absolute atomic E-state index is 0.0318. The molecular weight excluding hydrogens is 317 g/mol. The quantitative estimate of drug-likeness (QED) is 0.628. The molecule has 0 unspecified atom stereocenters. The summed E-state index contributed by atoms with van der Waals surface area (Å²) in [5.41, 5.74) is 0.726. The Morgan fingerprint density at radius 1 is 1.26 bits per heavy atom. The molecule has 0 aromatic heterocycles. The second kappa shape index (κ2) is 5.79. The van der Waals surface area contributed by atoms with Gasteiger partial charge in [-0.3, -0.25) is 10.1 Å². The van der Waals surface area contributed by atoms with Crippen LogP contribution in [0, 0.1) is 15.9 Å². The van der Waals surface area contributed by atoms with Crippen molar-refractivity contribution in [2.24, 2.45) is 0 Å². The van der Waals surface area contributed by atoms with Gasteiger partial charge in [0.2, 0.25) is 0 Å². The van der Waals surface area contributed by atoms with E-state index in [4.69, 9.17) is 4.74 Å². The fourth-order valence-corrected chi connectivity index (χ4v) is 1.95. The first-order valence-corrected chi connectivity index (χ1v) is 6.17. The number of rotatable bonds is 4. The number of benzene rings is 2. The van der Waals surface area contributed by atoms with Crippen molar-refractivity contribution in [3.05, 3.63) is 68.4 Å². The molecule has 0 aliphatic rings. The molecule has 0 radical (unpaired) electrons. The van der Waals surface area contributed by atoms with Gasteiger partial charge in [0.25, 0.3) is 5.69 Å². The molecule has 0 saturated heterocycles. The van der Waals surface area contributed by atoms with E-state index in [9.17, 15) is 14.5 Å². The molecule has 0 bridgehead atoms. The van der Waals surface area contributed by atoms with Gasteiger partial charge in [0.15, 0.2) is 0 Å². The van der Waals surface area contributed by atoms with Gasteiger partial charge < -0.3 is 4.74 Å². The van der Waals surface area contributed by atoms with E-state index in [1.165, 1.54) is 24.3 Å². The molecule has 19 heavy (non-hydrogen) atoms. The molecule has 2 aromatic carbocycles. The second-order valence-electron chi connectivity index (χ2n) is 3.78. The molecule has 0 aliphatic carbocycles. The molecule has 6 heteroatoms. The van der Waals surface area contributed by atoms with Crippen LogP contribution in [-0.4, -0.2) is 4.92 Å². The number of hydrogen-bond acceptors (Lipinski definition) is 3. The summed E-state index contributed by atoms with van der Waals surface area (Å²) in [6.07, 6.45) is 0. The van der Waals surface area contributed by atoms with Crippen LogP contribution in [0.4, 0.5) is 10.1 Å². The third-order valence-electron chi connectivity index (χ3n) is 2.44. The topological polar surface area (TPSA) is 52.4 Å². The van der Waals surface area contributed by atoms with E-state index in [1.807, 2.05) is 0 Å². The molecule has 0 N–H and O–H groups in total. The molecule has 98 valence electrons. The minimum atomic E-state index is -0.485. The number of ether oxygens (including phenoxy) is 1. The Balaban J connectivity index is 2.10. The van der Waals surface area contributed by atoms with Crippen LogP contribution in [0.15, 0.2) is 46.9 Å². The highest BCUT2D eigenvalue weighted by Crippen LogP contribution is 2.23. The van der Waals surface area contributed by atoms with Crippen molar-refractivity contribution in [1.29, 1.82) is 0 Å². The number of nitrogens with zero attached hydrogens (tertiary/aromatic N) is 1. The summed E-state index contributed by atoms with van der Waals surface area (Å²) < 4.78 is 18.9. The van der Waals surface area contributed by atoms with E-state index in [0.29, 0.717) is 10.2 Å².